The quantitative estimate of drug-likeness (QED) is 0.834. The van der Waals surface area contributed by atoms with Gasteiger partial charge >= 0.3 is 11.9 Å². The number of fused-ring (bicyclic) bond motifs is 3. The third kappa shape index (κ3) is 2.62. The zero-order chi connectivity index (χ0) is 17.5. The van der Waals surface area contributed by atoms with E-state index in [1.807, 2.05) is 26.0 Å². The highest BCUT2D eigenvalue weighted by molar-refractivity contribution is 5.99. The summed E-state index contributed by atoms with van der Waals surface area (Å²) in [6.45, 7) is 3.99. The van der Waals surface area contributed by atoms with Crippen molar-refractivity contribution in [2.75, 3.05) is 7.11 Å². The number of hydrogen-bond donors (Lipinski definition) is 1. The first-order chi connectivity index (χ1) is 11.4. The molecule has 0 aromatic heterocycles. The Bertz CT molecular complexity index is 749. The number of methoxy groups -OCH3 is 1. The Balaban J connectivity index is 2.01. The lowest BCUT2D eigenvalue weighted by molar-refractivity contribution is -0.137. The van der Waals surface area contributed by atoms with E-state index in [9.17, 15) is 9.59 Å². The van der Waals surface area contributed by atoms with Crippen molar-refractivity contribution in [1.29, 1.82) is 0 Å². The van der Waals surface area contributed by atoms with E-state index in [4.69, 9.17) is 19.3 Å². The predicted molar refractivity (Wildman–Crippen MR) is 86.4 cm³/mol. The van der Waals surface area contributed by atoms with Crippen LogP contribution in [0.5, 0.6) is 11.5 Å². The molecule has 0 amide bonds. The number of esters is 1. The van der Waals surface area contributed by atoms with Crippen LogP contribution in [0.1, 0.15) is 53.2 Å². The number of hydrogen-bond acceptors (Lipinski definition) is 5. The van der Waals surface area contributed by atoms with E-state index < -0.39 is 17.5 Å². The largest absolute Gasteiger partial charge is 0.496 e. The third-order valence-corrected chi connectivity index (χ3v) is 4.57. The van der Waals surface area contributed by atoms with Crippen LogP contribution in [-0.4, -0.2) is 29.8 Å². The molecule has 0 radical (unpaired) electrons. The first kappa shape index (κ1) is 16.4. The summed E-state index contributed by atoms with van der Waals surface area (Å²) in [6, 6.07) is 0. The van der Waals surface area contributed by atoms with E-state index in [0.717, 1.165) is 16.7 Å². The highest BCUT2D eigenvalue weighted by Gasteiger charge is 2.37. The van der Waals surface area contributed by atoms with E-state index in [0.29, 0.717) is 29.9 Å². The van der Waals surface area contributed by atoms with Gasteiger partial charge in [-0.3, -0.25) is 4.79 Å². The van der Waals surface area contributed by atoms with Gasteiger partial charge in [-0.25, -0.2) is 4.79 Å². The molecule has 0 saturated carbocycles. The molecule has 1 N–H and O–H groups in total. The van der Waals surface area contributed by atoms with Crippen molar-refractivity contribution in [2.45, 2.75) is 45.3 Å². The van der Waals surface area contributed by atoms with E-state index in [1.165, 1.54) is 0 Å². The summed E-state index contributed by atoms with van der Waals surface area (Å²) in [7, 11) is 1.58. The Hall–Kier alpha value is -2.50. The first-order valence-corrected chi connectivity index (χ1v) is 7.87. The molecule has 3 rings (SSSR count). The number of rotatable bonds is 5. The molecule has 24 heavy (non-hydrogen) atoms. The minimum Gasteiger partial charge on any atom is -0.496 e. The summed E-state index contributed by atoms with van der Waals surface area (Å²) in [5.41, 5.74) is 2.18. The van der Waals surface area contributed by atoms with Gasteiger partial charge in [0.1, 0.15) is 29.3 Å². The molecule has 6 heteroatoms. The SMILES string of the molecule is COc1c(C)c2c(c3c1C=CC(C)(CCCC(=O)O)O3)C(=O)OC2. The van der Waals surface area contributed by atoms with Crippen molar-refractivity contribution in [1.82, 2.24) is 0 Å². The molecular weight excluding hydrogens is 312 g/mol. The number of carbonyl (C=O) groups excluding carboxylic acids is 1. The molecule has 6 nitrogen and oxygen atoms in total. The molecule has 0 saturated heterocycles. The van der Waals surface area contributed by atoms with E-state index >= 15 is 0 Å². The lowest BCUT2D eigenvalue weighted by Gasteiger charge is -2.33. The normalized spacial score (nSPS) is 20.9. The van der Waals surface area contributed by atoms with Crippen LogP contribution >= 0.6 is 0 Å². The summed E-state index contributed by atoms with van der Waals surface area (Å²) >= 11 is 0. The average molecular weight is 332 g/mol. The van der Waals surface area contributed by atoms with E-state index in [2.05, 4.69) is 0 Å². The smallest absolute Gasteiger partial charge is 0.342 e. The van der Waals surface area contributed by atoms with Gasteiger partial charge in [0.15, 0.2) is 0 Å². The second-order valence-electron chi connectivity index (χ2n) is 6.33. The molecule has 0 fully saturated rings. The van der Waals surface area contributed by atoms with Crippen LogP contribution in [0.25, 0.3) is 6.08 Å². The monoisotopic (exact) mass is 332 g/mol. The third-order valence-electron chi connectivity index (χ3n) is 4.57. The van der Waals surface area contributed by atoms with Gasteiger partial charge in [0.2, 0.25) is 0 Å². The summed E-state index contributed by atoms with van der Waals surface area (Å²) < 4.78 is 16.8. The van der Waals surface area contributed by atoms with Gasteiger partial charge in [0.05, 0.1) is 12.7 Å². The van der Waals surface area contributed by atoms with Crippen LogP contribution in [0.4, 0.5) is 0 Å². The highest BCUT2D eigenvalue weighted by atomic mass is 16.5. The first-order valence-electron chi connectivity index (χ1n) is 7.87. The fourth-order valence-electron chi connectivity index (χ4n) is 3.28. The number of cyclic esters (lactones) is 1. The van der Waals surface area contributed by atoms with Gasteiger partial charge in [0.25, 0.3) is 0 Å². The van der Waals surface area contributed by atoms with Crippen LogP contribution in [0.15, 0.2) is 6.08 Å². The van der Waals surface area contributed by atoms with Crippen LogP contribution in [-0.2, 0) is 16.1 Å². The standard InChI is InChI=1S/C18H20O6/c1-10-12-9-23-17(21)14(12)16-11(15(10)22-3)6-8-18(2,24-16)7-4-5-13(19)20/h6,8H,4-5,7,9H2,1-3H3,(H,19,20). The molecule has 0 bridgehead atoms. The average Bonchev–Trinajstić information content (AvgIpc) is 2.90. The molecule has 2 heterocycles. The maximum Gasteiger partial charge on any atom is 0.342 e. The van der Waals surface area contributed by atoms with Crippen LogP contribution in [0, 0.1) is 6.92 Å². The van der Waals surface area contributed by atoms with Gasteiger partial charge in [0, 0.05) is 12.0 Å². The molecule has 128 valence electrons. The maximum atomic E-state index is 12.2. The number of benzene rings is 1. The summed E-state index contributed by atoms with van der Waals surface area (Å²) in [5.74, 6) is -0.0862. The van der Waals surface area contributed by atoms with Gasteiger partial charge in [-0.2, -0.15) is 0 Å². The zero-order valence-electron chi connectivity index (χ0n) is 14.0. The Labute approximate surface area is 140 Å². The molecule has 1 aromatic carbocycles. The van der Waals surface area contributed by atoms with Crippen molar-refractivity contribution in [2.24, 2.45) is 0 Å². The van der Waals surface area contributed by atoms with Gasteiger partial charge in [-0.05, 0) is 44.4 Å². The Morgan fingerprint density at radius 3 is 2.88 bits per heavy atom. The minimum absolute atomic E-state index is 0.0804. The lowest BCUT2D eigenvalue weighted by Crippen LogP contribution is -2.33. The second-order valence-corrected chi connectivity index (χ2v) is 6.33. The van der Waals surface area contributed by atoms with Crippen molar-refractivity contribution in [3.8, 4) is 11.5 Å². The number of aliphatic carboxylic acids is 1. The fraction of sp³-hybridized carbons (Fsp3) is 0.444. The summed E-state index contributed by atoms with van der Waals surface area (Å²) in [4.78, 5) is 22.9. The van der Waals surface area contributed by atoms with Crippen LogP contribution < -0.4 is 9.47 Å². The highest BCUT2D eigenvalue weighted by Crippen LogP contribution is 2.47. The fourth-order valence-corrected chi connectivity index (χ4v) is 3.28. The lowest BCUT2D eigenvalue weighted by atomic mass is 9.90. The van der Waals surface area contributed by atoms with Crippen molar-refractivity contribution >= 4 is 18.0 Å². The molecule has 2 aliphatic heterocycles. The number of carbonyl (C=O) groups is 2. The van der Waals surface area contributed by atoms with Crippen molar-refractivity contribution in [3.63, 3.8) is 0 Å². The summed E-state index contributed by atoms with van der Waals surface area (Å²) in [6.07, 6.45) is 4.89. The van der Waals surface area contributed by atoms with Gasteiger partial charge < -0.3 is 19.3 Å². The van der Waals surface area contributed by atoms with Gasteiger partial charge in [-0.1, -0.05) is 0 Å². The van der Waals surface area contributed by atoms with Crippen LogP contribution in [0.2, 0.25) is 0 Å². The molecule has 1 atom stereocenters. The van der Waals surface area contributed by atoms with Crippen molar-refractivity contribution < 1.29 is 28.9 Å². The maximum absolute atomic E-state index is 12.2. The molecule has 1 aromatic rings. The summed E-state index contributed by atoms with van der Waals surface area (Å²) in [5, 5.41) is 8.81. The van der Waals surface area contributed by atoms with E-state index in [-0.39, 0.29) is 13.0 Å². The van der Waals surface area contributed by atoms with Crippen LogP contribution in [0.3, 0.4) is 0 Å². The Kier molecular flexibility index (Phi) is 3.99. The zero-order valence-corrected chi connectivity index (χ0v) is 14.0. The topological polar surface area (TPSA) is 82.1 Å². The Morgan fingerprint density at radius 2 is 2.21 bits per heavy atom. The van der Waals surface area contributed by atoms with Gasteiger partial charge in [-0.15, -0.1) is 0 Å². The molecule has 2 aliphatic rings. The van der Waals surface area contributed by atoms with Crippen molar-refractivity contribution in [3.05, 3.63) is 28.3 Å². The number of carboxylic acid groups (broad SMARTS) is 1. The number of ether oxygens (including phenoxy) is 3. The minimum atomic E-state index is -0.833. The Morgan fingerprint density at radius 1 is 1.46 bits per heavy atom. The number of carboxylic acids is 1. The molecule has 0 spiro atoms. The molecule has 1 unspecified atom stereocenters. The van der Waals surface area contributed by atoms with E-state index in [1.54, 1.807) is 7.11 Å². The molecule has 0 aliphatic carbocycles. The second kappa shape index (κ2) is 5.85. The predicted octanol–water partition coefficient (Wildman–Crippen LogP) is 3.09. The molecular formula is C18H20O6.